The second kappa shape index (κ2) is 13.7. The van der Waals surface area contributed by atoms with Crippen LogP contribution in [-0.2, 0) is 5.41 Å². The molecule has 8 aromatic carbocycles. The molecule has 0 saturated carbocycles. The minimum absolute atomic E-state index is 0.0275. The zero-order valence-corrected chi connectivity index (χ0v) is 31.7. The molecule has 4 nitrogen and oxygen atoms in total. The van der Waals surface area contributed by atoms with Gasteiger partial charge < -0.3 is 21.7 Å². The third-order valence-electron chi connectivity index (χ3n) is 11.5. The van der Waals surface area contributed by atoms with Gasteiger partial charge in [0.15, 0.2) is 0 Å². The van der Waals surface area contributed by atoms with Crippen LogP contribution in [-0.4, -0.2) is 10.2 Å². The van der Waals surface area contributed by atoms with Gasteiger partial charge in [0.05, 0.1) is 16.8 Å². The highest BCUT2D eigenvalue weighted by atomic mass is 16.3. The second-order valence-electron chi connectivity index (χ2n) is 14.8. The van der Waals surface area contributed by atoms with Crippen LogP contribution in [0.1, 0.15) is 38.9 Å². The molecule has 0 saturated heterocycles. The number of benzene rings is 8. The maximum Gasteiger partial charge on any atom is 0.141 e. The number of nitrogens with two attached hydrogens (primary N) is 2. The van der Waals surface area contributed by atoms with Crippen molar-refractivity contribution in [3.63, 3.8) is 0 Å². The number of aryl methyl sites for hydroxylation is 2. The number of aromatic hydroxyl groups is 2. The predicted molar refractivity (Wildman–Crippen MR) is 235 cm³/mol. The van der Waals surface area contributed by atoms with Crippen molar-refractivity contribution in [3.05, 3.63) is 203 Å². The summed E-state index contributed by atoms with van der Waals surface area (Å²) in [5, 5.41) is 22.3. The van der Waals surface area contributed by atoms with Crippen molar-refractivity contribution in [3.8, 4) is 79.5 Å². The largest absolute Gasteiger partial charge is 0.506 e. The first-order valence-electron chi connectivity index (χ1n) is 19.0. The van der Waals surface area contributed by atoms with Gasteiger partial charge in [0, 0.05) is 5.56 Å². The van der Waals surface area contributed by atoms with Gasteiger partial charge in [-0.1, -0.05) is 152 Å². The molecule has 0 unspecified atom stereocenters. The molecule has 0 aliphatic heterocycles. The van der Waals surface area contributed by atoms with Gasteiger partial charge in [-0.15, -0.1) is 6.42 Å². The summed E-state index contributed by atoms with van der Waals surface area (Å²) in [6, 6.07) is 56.2. The molecule has 1 aliphatic carbocycles. The van der Waals surface area contributed by atoms with Crippen LogP contribution in [0.5, 0.6) is 11.5 Å². The van der Waals surface area contributed by atoms with Gasteiger partial charge in [-0.05, 0) is 121 Å². The van der Waals surface area contributed by atoms with Crippen LogP contribution in [0.4, 0.5) is 11.4 Å². The van der Waals surface area contributed by atoms with E-state index in [1.54, 1.807) is 0 Å². The highest BCUT2D eigenvalue weighted by Gasteiger charge is 2.51. The highest BCUT2D eigenvalue weighted by Crippen LogP contribution is 2.64. The first kappa shape index (κ1) is 35.2. The SMILES string of the molecule is C#Cc1cc(-c2ccccc2)c(-c2ccccc2)c2c1C(c1cc(C)c(O)c(N)c1)(c1cc(C)c(O)c(N)c1)c1ccc(-c3ccccc3)c(-c3ccccc3)c1-2. The number of terminal acetylenes is 1. The van der Waals surface area contributed by atoms with E-state index in [2.05, 4.69) is 121 Å². The summed E-state index contributed by atoms with van der Waals surface area (Å²) in [6.07, 6.45) is 6.73. The molecule has 0 amide bonds. The number of hydrogen-bond donors (Lipinski definition) is 4. The third-order valence-corrected chi connectivity index (χ3v) is 11.5. The Labute approximate surface area is 333 Å². The standard InChI is InChI=1S/C53H40N2O2/c1-4-34-29-42(36-19-11-6-12-20-36)47(38-23-15-8-16-24-38)49-48-43(26-25-41(35-17-9-5-10-18-35)46(48)37-21-13-7-14-22-37)53(50(34)49,39-27-32(2)51(56)44(54)30-39)40-28-33(3)52(57)45(55)31-40/h1,5-31,56-57H,54-55H2,2-3H3. The fourth-order valence-corrected chi connectivity index (χ4v) is 9.07. The molecule has 6 N–H and O–H groups in total. The summed E-state index contributed by atoms with van der Waals surface area (Å²) < 4.78 is 0. The van der Waals surface area contributed by atoms with Gasteiger partial charge in [0.1, 0.15) is 11.5 Å². The Balaban J connectivity index is 1.62. The summed E-state index contributed by atoms with van der Waals surface area (Å²) in [6.45, 7) is 3.72. The number of phenols is 2. The molecule has 274 valence electrons. The average Bonchev–Trinajstić information content (AvgIpc) is 3.56. The van der Waals surface area contributed by atoms with E-state index in [4.69, 9.17) is 17.9 Å². The molecule has 9 rings (SSSR count). The van der Waals surface area contributed by atoms with Crippen molar-refractivity contribution in [2.24, 2.45) is 0 Å². The van der Waals surface area contributed by atoms with Gasteiger partial charge in [0.2, 0.25) is 0 Å². The molecule has 0 atom stereocenters. The Morgan fingerprint density at radius 3 is 1.33 bits per heavy atom. The molecule has 1 aliphatic rings. The zero-order valence-electron chi connectivity index (χ0n) is 31.7. The molecule has 0 radical (unpaired) electrons. The quantitative estimate of drug-likeness (QED) is 0.0777. The van der Waals surface area contributed by atoms with Crippen molar-refractivity contribution >= 4 is 11.4 Å². The molecule has 0 aromatic heterocycles. The van der Waals surface area contributed by atoms with Crippen molar-refractivity contribution in [1.82, 2.24) is 0 Å². The van der Waals surface area contributed by atoms with E-state index in [1.165, 1.54) is 0 Å². The summed E-state index contributed by atoms with van der Waals surface area (Å²) in [5.41, 5.74) is 28.6. The van der Waals surface area contributed by atoms with Crippen LogP contribution < -0.4 is 11.5 Å². The summed E-state index contributed by atoms with van der Waals surface area (Å²) in [4.78, 5) is 0. The number of anilines is 2. The van der Waals surface area contributed by atoms with Crippen molar-refractivity contribution in [2.75, 3.05) is 11.5 Å². The van der Waals surface area contributed by atoms with E-state index in [-0.39, 0.29) is 22.9 Å². The Bertz CT molecular complexity index is 2790. The molecule has 0 heterocycles. The Morgan fingerprint density at radius 2 is 0.895 bits per heavy atom. The fourth-order valence-electron chi connectivity index (χ4n) is 9.07. The maximum absolute atomic E-state index is 11.1. The van der Waals surface area contributed by atoms with Crippen molar-refractivity contribution in [1.29, 1.82) is 0 Å². The molecule has 4 heteroatoms. The van der Waals surface area contributed by atoms with Gasteiger partial charge in [0.25, 0.3) is 0 Å². The first-order valence-corrected chi connectivity index (χ1v) is 19.0. The number of fused-ring (bicyclic) bond motifs is 3. The van der Waals surface area contributed by atoms with Crippen LogP contribution in [0.25, 0.3) is 55.6 Å². The van der Waals surface area contributed by atoms with E-state index in [0.29, 0.717) is 16.7 Å². The van der Waals surface area contributed by atoms with E-state index >= 15 is 0 Å². The minimum Gasteiger partial charge on any atom is -0.506 e. The lowest BCUT2D eigenvalue weighted by molar-refractivity contribution is 0.473. The van der Waals surface area contributed by atoms with Gasteiger partial charge in [-0.3, -0.25) is 0 Å². The molecule has 8 aromatic rings. The molecule has 0 bridgehead atoms. The average molecular weight is 737 g/mol. The second-order valence-corrected chi connectivity index (χ2v) is 14.8. The predicted octanol–water partition coefficient (Wildman–Crippen LogP) is 11.9. The van der Waals surface area contributed by atoms with Gasteiger partial charge >= 0.3 is 0 Å². The molecule has 0 fully saturated rings. The Morgan fingerprint density at radius 1 is 0.474 bits per heavy atom. The lowest BCUT2D eigenvalue weighted by atomic mass is 9.65. The number of rotatable bonds is 6. The number of nitrogen functional groups attached to an aromatic ring is 2. The van der Waals surface area contributed by atoms with Gasteiger partial charge in [-0.2, -0.15) is 0 Å². The molecule has 0 spiro atoms. The lowest BCUT2D eigenvalue weighted by Gasteiger charge is -2.36. The summed E-state index contributed by atoms with van der Waals surface area (Å²) >= 11 is 0. The molecule has 57 heavy (non-hydrogen) atoms. The number of hydrogen-bond acceptors (Lipinski definition) is 4. The lowest BCUT2D eigenvalue weighted by Crippen LogP contribution is -2.30. The maximum atomic E-state index is 11.1. The summed E-state index contributed by atoms with van der Waals surface area (Å²) in [7, 11) is 0. The fraction of sp³-hybridized carbons (Fsp3) is 0.0566. The van der Waals surface area contributed by atoms with E-state index in [0.717, 1.165) is 77.9 Å². The van der Waals surface area contributed by atoms with Crippen LogP contribution in [0.15, 0.2) is 164 Å². The van der Waals surface area contributed by atoms with Crippen LogP contribution in [0, 0.1) is 26.2 Å². The van der Waals surface area contributed by atoms with Crippen LogP contribution in [0.2, 0.25) is 0 Å². The van der Waals surface area contributed by atoms with Crippen LogP contribution in [0.3, 0.4) is 0 Å². The topological polar surface area (TPSA) is 92.5 Å². The smallest absolute Gasteiger partial charge is 0.141 e. The normalized spacial score (nSPS) is 12.4. The first-order chi connectivity index (χ1) is 27.7. The van der Waals surface area contributed by atoms with Crippen LogP contribution >= 0.6 is 0 Å². The Hall–Kier alpha value is -7.48. The summed E-state index contributed by atoms with van der Waals surface area (Å²) in [5.74, 6) is 3.23. The monoisotopic (exact) mass is 736 g/mol. The van der Waals surface area contributed by atoms with Gasteiger partial charge in [-0.25, -0.2) is 0 Å². The molecular weight excluding hydrogens is 697 g/mol. The Kier molecular flexibility index (Phi) is 8.45. The van der Waals surface area contributed by atoms with E-state index in [9.17, 15) is 10.2 Å². The highest BCUT2D eigenvalue weighted by molar-refractivity contribution is 6.10. The van der Waals surface area contributed by atoms with E-state index < -0.39 is 5.41 Å². The number of phenolic OH excluding ortho intramolecular Hbond substituents is 2. The van der Waals surface area contributed by atoms with E-state index in [1.807, 2.05) is 62.4 Å². The van der Waals surface area contributed by atoms with Crippen molar-refractivity contribution in [2.45, 2.75) is 19.3 Å². The third kappa shape index (κ3) is 5.39. The van der Waals surface area contributed by atoms with Crippen molar-refractivity contribution < 1.29 is 10.2 Å². The minimum atomic E-state index is -1.12. The molecular formula is C53H40N2O2. The zero-order chi connectivity index (χ0) is 39.4.